The van der Waals surface area contributed by atoms with Gasteiger partial charge in [0.2, 0.25) is 5.91 Å². The molecule has 1 aliphatic rings. The lowest BCUT2D eigenvalue weighted by atomic mass is 10.0. The summed E-state index contributed by atoms with van der Waals surface area (Å²) in [6.45, 7) is 1.18. The monoisotopic (exact) mass is 433 g/mol. The van der Waals surface area contributed by atoms with Crippen LogP contribution in [0.1, 0.15) is 32.9 Å². The summed E-state index contributed by atoms with van der Waals surface area (Å²) in [5, 5.41) is 21.2. The number of carbonyl (C=O) groups is 2. The highest BCUT2D eigenvalue weighted by Gasteiger charge is 2.28. The first-order valence-electron chi connectivity index (χ1n) is 10.4. The number of nitro benzene ring substituents is 1. The van der Waals surface area contributed by atoms with Crippen LogP contribution in [0.5, 0.6) is 0 Å². The van der Waals surface area contributed by atoms with Crippen molar-refractivity contribution in [3.63, 3.8) is 0 Å². The molecule has 1 aromatic heterocycles. The maximum atomic E-state index is 12.9. The Kier molecular flexibility index (Phi) is 6.25. The van der Waals surface area contributed by atoms with Crippen LogP contribution in [-0.4, -0.2) is 44.9 Å². The van der Waals surface area contributed by atoms with E-state index in [1.165, 1.54) is 6.07 Å². The van der Waals surface area contributed by atoms with E-state index in [9.17, 15) is 19.7 Å². The number of aromatic nitrogens is 2. The maximum Gasteiger partial charge on any atom is 0.273 e. The number of para-hydroxylation sites is 1. The molecule has 1 aliphatic heterocycles. The van der Waals surface area contributed by atoms with Crippen molar-refractivity contribution in [2.75, 3.05) is 13.1 Å². The number of nitrogens with zero attached hydrogens (tertiary/aromatic N) is 3. The fraction of sp³-hybridized carbons (Fsp3) is 0.261. The Bertz CT molecular complexity index is 1140. The van der Waals surface area contributed by atoms with Crippen LogP contribution in [0.15, 0.2) is 54.6 Å². The second-order valence-electron chi connectivity index (χ2n) is 7.65. The number of hydrogen-bond acceptors (Lipinski definition) is 5. The summed E-state index contributed by atoms with van der Waals surface area (Å²) in [6, 6.07) is 16.1. The molecule has 32 heavy (non-hydrogen) atoms. The molecule has 3 aromatic rings. The normalized spacial score (nSPS) is 12.8. The van der Waals surface area contributed by atoms with Gasteiger partial charge in [0.15, 0.2) is 5.69 Å². The lowest BCUT2D eigenvalue weighted by molar-refractivity contribution is -0.385. The number of fused-ring (bicyclic) bond motifs is 1. The molecule has 2 amide bonds. The van der Waals surface area contributed by atoms with E-state index in [-0.39, 0.29) is 36.2 Å². The zero-order valence-corrected chi connectivity index (χ0v) is 17.4. The van der Waals surface area contributed by atoms with Gasteiger partial charge in [0, 0.05) is 48.9 Å². The molecule has 0 fully saturated rings. The highest BCUT2D eigenvalue weighted by atomic mass is 16.6. The highest BCUT2D eigenvalue weighted by molar-refractivity contribution is 5.94. The molecule has 0 saturated heterocycles. The lowest BCUT2D eigenvalue weighted by Crippen LogP contribution is -2.38. The molecule has 0 bridgehead atoms. The van der Waals surface area contributed by atoms with Crippen molar-refractivity contribution in [2.24, 2.45) is 0 Å². The zero-order chi connectivity index (χ0) is 22.5. The van der Waals surface area contributed by atoms with Crippen LogP contribution in [-0.2, 0) is 30.6 Å². The van der Waals surface area contributed by atoms with E-state index < -0.39 is 4.92 Å². The van der Waals surface area contributed by atoms with Crippen LogP contribution in [0.2, 0.25) is 0 Å². The Labute approximate surface area is 184 Å². The summed E-state index contributed by atoms with van der Waals surface area (Å²) in [7, 11) is 0. The van der Waals surface area contributed by atoms with Crippen molar-refractivity contribution in [3.8, 4) is 0 Å². The number of carbonyl (C=O) groups excluding carboxylic acids is 2. The Morgan fingerprint density at radius 2 is 1.88 bits per heavy atom. The predicted octanol–water partition coefficient (Wildman–Crippen LogP) is 2.42. The summed E-state index contributed by atoms with van der Waals surface area (Å²) < 4.78 is 0. The Balaban J connectivity index is 1.40. The van der Waals surface area contributed by atoms with Gasteiger partial charge in [-0.15, -0.1) is 0 Å². The van der Waals surface area contributed by atoms with Crippen LogP contribution in [0.25, 0.3) is 0 Å². The van der Waals surface area contributed by atoms with Gasteiger partial charge in [-0.05, 0) is 12.0 Å². The third-order valence-electron chi connectivity index (χ3n) is 5.57. The zero-order valence-electron chi connectivity index (χ0n) is 17.4. The van der Waals surface area contributed by atoms with Crippen molar-refractivity contribution >= 4 is 17.5 Å². The molecule has 0 atom stereocenters. The number of aromatic amines is 1. The summed E-state index contributed by atoms with van der Waals surface area (Å²) in [5.74, 6) is -0.506. The molecule has 4 rings (SSSR count). The topological polar surface area (TPSA) is 121 Å². The minimum absolute atomic E-state index is 0.0665. The lowest BCUT2D eigenvalue weighted by Gasteiger charge is -2.27. The molecule has 0 unspecified atom stereocenters. The average molecular weight is 433 g/mol. The number of nitrogens with one attached hydrogen (secondary N) is 2. The van der Waals surface area contributed by atoms with Gasteiger partial charge in [-0.2, -0.15) is 5.10 Å². The predicted molar refractivity (Wildman–Crippen MR) is 117 cm³/mol. The SMILES string of the molecule is O=C(NCCc1ccccc1)c1n[nH]c2c1CN(C(=O)Cc1ccccc1[N+](=O)[O-])CC2. The first kappa shape index (κ1) is 21.2. The molecular weight excluding hydrogens is 410 g/mol. The largest absolute Gasteiger partial charge is 0.350 e. The van der Waals surface area contributed by atoms with Gasteiger partial charge in [0.05, 0.1) is 11.3 Å². The van der Waals surface area contributed by atoms with E-state index in [1.807, 2.05) is 30.3 Å². The average Bonchev–Trinajstić information content (AvgIpc) is 3.23. The van der Waals surface area contributed by atoms with Gasteiger partial charge >= 0.3 is 0 Å². The molecule has 0 spiro atoms. The van der Waals surface area contributed by atoms with Gasteiger partial charge in [-0.3, -0.25) is 24.8 Å². The van der Waals surface area contributed by atoms with Crippen LogP contribution in [0.3, 0.4) is 0 Å². The third-order valence-corrected chi connectivity index (χ3v) is 5.57. The molecular formula is C23H23N5O4. The van der Waals surface area contributed by atoms with Crippen LogP contribution in [0, 0.1) is 10.1 Å². The van der Waals surface area contributed by atoms with E-state index in [0.717, 1.165) is 11.3 Å². The molecule has 2 heterocycles. The molecule has 0 saturated carbocycles. The third kappa shape index (κ3) is 4.66. The molecule has 0 radical (unpaired) electrons. The van der Waals surface area contributed by atoms with Crippen LogP contribution in [0.4, 0.5) is 5.69 Å². The number of benzene rings is 2. The van der Waals surface area contributed by atoms with E-state index in [1.54, 1.807) is 23.1 Å². The first-order valence-corrected chi connectivity index (χ1v) is 10.4. The summed E-state index contributed by atoms with van der Waals surface area (Å²) in [4.78, 5) is 37.9. The summed E-state index contributed by atoms with van der Waals surface area (Å²) in [5.41, 5.74) is 3.26. The summed E-state index contributed by atoms with van der Waals surface area (Å²) in [6.07, 6.45) is 1.19. The van der Waals surface area contributed by atoms with E-state index in [0.29, 0.717) is 37.1 Å². The second kappa shape index (κ2) is 9.42. The number of nitro groups is 1. The maximum absolute atomic E-state index is 12.9. The van der Waals surface area contributed by atoms with E-state index in [4.69, 9.17) is 0 Å². The second-order valence-corrected chi connectivity index (χ2v) is 7.65. The van der Waals surface area contributed by atoms with Crippen molar-refractivity contribution < 1.29 is 14.5 Å². The highest BCUT2D eigenvalue weighted by Crippen LogP contribution is 2.23. The first-order chi connectivity index (χ1) is 15.5. The van der Waals surface area contributed by atoms with Crippen molar-refractivity contribution in [1.29, 1.82) is 0 Å². The number of H-pyrrole nitrogens is 1. The summed E-state index contributed by atoms with van der Waals surface area (Å²) >= 11 is 0. The van der Waals surface area contributed by atoms with Crippen LogP contribution < -0.4 is 5.32 Å². The molecule has 9 heteroatoms. The van der Waals surface area contributed by atoms with Crippen LogP contribution >= 0.6 is 0 Å². The van der Waals surface area contributed by atoms with E-state index >= 15 is 0 Å². The van der Waals surface area contributed by atoms with Gasteiger partial charge < -0.3 is 10.2 Å². The minimum Gasteiger partial charge on any atom is -0.350 e. The fourth-order valence-electron chi connectivity index (χ4n) is 3.86. The minimum atomic E-state index is -0.481. The Morgan fingerprint density at radius 3 is 2.66 bits per heavy atom. The molecule has 0 aliphatic carbocycles. The number of hydrogen-bond donors (Lipinski definition) is 2. The standard InChI is InChI=1S/C23H23N5O4/c29-21(14-17-8-4-5-9-20(17)28(31)32)27-13-11-19-18(15-27)22(26-25-19)23(30)24-12-10-16-6-2-1-3-7-16/h1-9H,10-15H2,(H,24,30)(H,25,26). The van der Waals surface area contributed by atoms with Gasteiger partial charge in [-0.25, -0.2) is 0 Å². The Morgan fingerprint density at radius 1 is 1.12 bits per heavy atom. The van der Waals surface area contributed by atoms with Crippen molar-refractivity contribution in [1.82, 2.24) is 20.4 Å². The molecule has 2 N–H and O–H groups in total. The Hall–Kier alpha value is -4.01. The van der Waals surface area contributed by atoms with Crippen molar-refractivity contribution in [2.45, 2.75) is 25.8 Å². The fourth-order valence-corrected chi connectivity index (χ4v) is 3.86. The number of rotatable bonds is 7. The molecule has 164 valence electrons. The van der Waals surface area contributed by atoms with Crippen molar-refractivity contribution in [3.05, 3.63) is 92.8 Å². The smallest absolute Gasteiger partial charge is 0.273 e. The van der Waals surface area contributed by atoms with Gasteiger partial charge in [0.25, 0.3) is 11.6 Å². The van der Waals surface area contributed by atoms with Gasteiger partial charge in [-0.1, -0.05) is 48.5 Å². The molecule has 9 nitrogen and oxygen atoms in total. The number of amides is 2. The quantitative estimate of drug-likeness (QED) is 0.438. The van der Waals surface area contributed by atoms with Gasteiger partial charge in [0.1, 0.15) is 0 Å². The van der Waals surface area contributed by atoms with E-state index in [2.05, 4.69) is 15.5 Å². The molecule has 2 aromatic carbocycles.